The van der Waals surface area contributed by atoms with Crippen LogP contribution >= 0.6 is 0 Å². The summed E-state index contributed by atoms with van der Waals surface area (Å²) < 4.78 is 12.3. The zero-order valence-electron chi connectivity index (χ0n) is 15.9. The molecular weight excluding hydrogens is 344 g/mol. The first-order valence-corrected chi connectivity index (χ1v) is 9.75. The van der Waals surface area contributed by atoms with Crippen molar-refractivity contribution in [1.29, 1.82) is 0 Å². The molecule has 0 aliphatic carbocycles. The van der Waals surface area contributed by atoms with Crippen LogP contribution < -0.4 is 9.47 Å². The SMILES string of the molecule is c1ccc(CCOc2cc3ccccc3cc2OCCc2ccccc2)cc1. The van der Waals surface area contributed by atoms with Gasteiger partial charge in [-0.25, -0.2) is 0 Å². The first kappa shape index (κ1) is 18.1. The van der Waals surface area contributed by atoms with E-state index in [1.165, 1.54) is 11.1 Å². The highest BCUT2D eigenvalue weighted by molar-refractivity contribution is 5.86. The second-order valence-corrected chi connectivity index (χ2v) is 6.81. The lowest BCUT2D eigenvalue weighted by molar-refractivity contribution is 0.273. The summed E-state index contributed by atoms with van der Waals surface area (Å²) in [5.41, 5.74) is 2.55. The minimum absolute atomic E-state index is 0.622. The lowest BCUT2D eigenvalue weighted by atomic mass is 10.1. The van der Waals surface area contributed by atoms with Crippen molar-refractivity contribution >= 4 is 10.8 Å². The molecule has 0 atom stereocenters. The number of benzene rings is 4. The third-order valence-electron chi connectivity index (χ3n) is 4.79. The van der Waals surface area contributed by atoms with Crippen LogP contribution in [0.2, 0.25) is 0 Å². The minimum atomic E-state index is 0.622. The van der Waals surface area contributed by atoms with Gasteiger partial charge in [0.15, 0.2) is 11.5 Å². The molecule has 140 valence electrons. The molecule has 0 unspecified atom stereocenters. The highest BCUT2D eigenvalue weighted by Crippen LogP contribution is 2.33. The Morgan fingerprint density at radius 2 is 0.857 bits per heavy atom. The smallest absolute Gasteiger partial charge is 0.161 e. The Balaban J connectivity index is 1.47. The molecule has 0 heterocycles. The van der Waals surface area contributed by atoms with Gasteiger partial charge in [-0.3, -0.25) is 0 Å². The fourth-order valence-corrected chi connectivity index (χ4v) is 3.27. The highest BCUT2D eigenvalue weighted by Gasteiger charge is 2.08. The van der Waals surface area contributed by atoms with Crippen LogP contribution in [0.15, 0.2) is 97.1 Å². The van der Waals surface area contributed by atoms with Crippen LogP contribution in [0.1, 0.15) is 11.1 Å². The average molecular weight is 368 g/mol. The van der Waals surface area contributed by atoms with E-state index in [-0.39, 0.29) is 0 Å². The lowest BCUT2D eigenvalue weighted by Gasteiger charge is -2.14. The molecule has 4 aromatic rings. The van der Waals surface area contributed by atoms with Gasteiger partial charge in [0.05, 0.1) is 13.2 Å². The van der Waals surface area contributed by atoms with Gasteiger partial charge >= 0.3 is 0 Å². The van der Waals surface area contributed by atoms with Gasteiger partial charge in [0.2, 0.25) is 0 Å². The van der Waals surface area contributed by atoms with Gasteiger partial charge in [0.1, 0.15) is 0 Å². The van der Waals surface area contributed by atoms with E-state index in [1.54, 1.807) is 0 Å². The summed E-state index contributed by atoms with van der Waals surface area (Å²) in [5.74, 6) is 1.62. The number of rotatable bonds is 8. The molecule has 0 aliphatic rings. The van der Waals surface area contributed by atoms with Crippen molar-refractivity contribution < 1.29 is 9.47 Å². The molecule has 4 aromatic carbocycles. The number of hydrogen-bond donors (Lipinski definition) is 0. The molecule has 0 saturated heterocycles. The lowest BCUT2D eigenvalue weighted by Crippen LogP contribution is -2.06. The van der Waals surface area contributed by atoms with Gasteiger partial charge in [0, 0.05) is 12.8 Å². The van der Waals surface area contributed by atoms with Crippen molar-refractivity contribution in [2.24, 2.45) is 0 Å². The van der Waals surface area contributed by atoms with E-state index >= 15 is 0 Å². The third kappa shape index (κ3) is 4.72. The zero-order valence-corrected chi connectivity index (χ0v) is 15.9. The van der Waals surface area contributed by atoms with Crippen molar-refractivity contribution in [3.8, 4) is 11.5 Å². The first-order chi connectivity index (χ1) is 13.9. The van der Waals surface area contributed by atoms with Gasteiger partial charge < -0.3 is 9.47 Å². The standard InChI is InChI=1S/C26H24O2/c1-3-9-21(10-4-1)15-17-27-25-19-23-13-7-8-14-24(23)20-26(25)28-18-16-22-11-5-2-6-12-22/h1-14,19-20H,15-18H2. The molecule has 0 aromatic heterocycles. The summed E-state index contributed by atoms with van der Waals surface area (Å²) >= 11 is 0. The van der Waals surface area contributed by atoms with E-state index in [4.69, 9.17) is 9.47 Å². The maximum Gasteiger partial charge on any atom is 0.161 e. The largest absolute Gasteiger partial charge is 0.489 e. The number of ether oxygens (including phenoxy) is 2. The van der Waals surface area contributed by atoms with Crippen LogP contribution in [-0.4, -0.2) is 13.2 Å². The third-order valence-corrected chi connectivity index (χ3v) is 4.79. The predicted octanol–water partition coefficient (Wildman–Crippen LogP) is 6.08. The number of fused-ring (bicyclic) bond motifs is 1. The van der Waals surface area contributed by atoms with Gasteiger partial charge in [-0.2, -0.15) is 0 Å². The molecule has 0 spiro atoms. The molecule has 0 radical (unpaired) electrons. The molecule has 2 nitrogen and oxygen atoms in total. The van der Waals surface area contributed by atoms with Crippen LogP contribution in [0.3, 0.4) is 0 Å². The van der Waals surface area contributed by atoms with Crippen molar-refractivity contribution in [2.75, 3.05) is 13.2 Å². The summed E-state index contributed by atoms with van der Waals surface area (Å²) in [6.45, 7) is 1.24. The highest BCUT2D eigenvalue weighted by atomic mass is 16.5. The van der Waals surface area contributed by atoms with E-state index < -0.39 is 0 Å². The predicted molar refractivity (Wildman–Crippen MR) is 115 cm³/mol. The van der Waals surface area contributed by atoms with E-state index in [0.717, 1.165) is 35.1 Å². The number of hydrogen-bond acceptors (Lipinski definition) is 2. The molecule has 0 aliphatic heterocycles. The molecule has 4 rings (SSSR count). The van der Waals surface area contributed by atoms with Crippen molar-refractivity contribution in [2.45, 2.75) is 12.8 Å². The first-order valence-electron chi connectivity index (χ1n) is 9.75. The maximum absolute atomic E-state index is 6.13. The summed E-state index contributed by atoms with van der Waals surface area (Å²) in [4.78, 5) is 0. The van der Waals surface area contributed by atoms with Crippen molar-refractivity contribution in [3.63, 3.8) is 0 Å². The Morgan fingerprint density at radius 3 is 1.29 bits per heavy atom. The molecule has 0 amide bonds. The van der Waals surface area contributed by atoms with Gasteiger partial charge in [-0.05, 0) is 34.0 Å². The molecule has 2 heteroatoms. The van der Waals surface area contributed by atoms with Gasteiger partial charge in [-0.15, -0.1) is 0 Å². The van der Waals surface area contributed by atoms with Crippen LogP contribution in [0.4, 0.5) is 0 Å². The Morgan fingerprint density at radius 1 is 0.464 bits per heavy atom. The zero-order chi connectivity index (χ0) is 19.0. The molecule has 28 heavy (non-hydrogen) atoms. The normalized spacial score (nSPS) is 10.7. The Labute approximate surface area is 166 Å². The Hall–Kier alpha value is -3.26. The van der Waals surface area contributed by atoms with Crippen molar-refractivity contribution in [3.05, 3.63) is 108 Å². The topological polar surface area (TPSA) is 18.5 Å². The Kier molecular flexibility index (Phi) is 5.89. The van der Waals surface area contributed by atoms with Gasteiger partial charge in [-0.1, -0.05) is 84.9 Å². The quantitative estimate of drug-likeness (QED) is 0.375. The van der Waals surface area contributed by atoms with Crippen LogP contribution in [0.5, 0.6) is 11.5 Å². The van der Waals surface area contributed by atoms with E-state index in [0.29, 0.717) is 13.2 Å². The van der Waals surface area contributed by atoms with Gasteiger partial charge in [0.25, 0.3) is 0 Å². The maximum atomic E-state index is 6.13. The molecule has 0 bridgehead atoms. The van der Waals surface area contributed by atoms with Crippen LogP contribution in [0, 0.1) is 0 Å². The molecule has 0 fully saturated rings. The van der Waals surface area contributed by atoms with E-state index in [9.17, 15) is 0 Å². The summed E-state index contributed by atoms with van der Waals surface area (Å²) in [6.07, 6.45) is 1.74. The fourth-order valence-electron chi connectivity index (χ4n) is 3.27. The molecular formula is C26H24O2. The van der Waals surface area contributed by atoms with Crippen LogP contribution in [-0.2, 0) is 12.8 Å². The monoisotopic (exact) mass is 368 g/mol. The fraction of sp³-hybridized carbons (Fsp3) is 0.154. The molecule has 0 saturated carbocycles. The molecule has 0 N–H and O–H groups in total. The second-order valence-electron chi connectivity index (χ2n) is 6.81. The van der Waals surface area contributed by atoms with Crippen molar-refractivity contribution in [1.82, 2.24) is 0 Å². The second kappa shape index (κ2) is 9.09. The minimum Gasteiger partial charge on any atom is -0.489 e. The summed E-state index contributed by atoms with van der Waals surface area (Å²) in [6, 6.07) is 33.3. The summed E-state index contributed by atoms with van der Waals surface area (Å²) in [7, 11) is 0. The average Bonchev–Trinajstić information content (AvgIpc) is 2.75. The summed E-state index contributed by atoms with van der Waals surface area (Å²) in [5, 5.41) is 2.32. The Bertz CT molecular complexity index is 926. The van der Waals surface area contributed by atoms with E-state index in [2.05, 4.69) is 72.8 Å². The van der Waals surface area contributed by atoms with Crippen LogP contribution in [0.25, 0.3) is 10.8 Å². The van der Waals surface area contributed by atoms with E-state index in [1.807, 2.05) is 24.3 Å².